The van der Waals surface area contributed by atoms with Crippen LogP contribution in [0.25, 0.3) is 0 Å². The molecule has 0 amide bonds. The maximum atomic E-state index is 8.12. The molecule has 0 bridgehead atoms. The summed E-state index contributed by atoms with van der Waals surface area (Å²) in [6.07, 6.45) is 0. The predicted molar refractivity (Wildman–Crippen MR) is 57.9 cm³/mol. The van der Waals surface area contributed by atoms with Crippen molar-refractivity contribution < 1.29 is 19.4 Å². The van der Waals surface area contributed by atoms with E-state index in [-0.39, 0.29) is 0 Å². The third kappa shape index (κ3) is 2.63. The molecule has 0 saturated heterocycles. The maximum Gasteiger partial charge on any atom is 0.125 e. The van der Waals surface area contributed by atoms with Gasteiger partial charge >= 0.3 is 0 Å². The lowest BCUT2D eigenvalue weighted by atomic mass is 10.1. The Bertz CT molecular complexity index is 352. The molecular formula is C10H14O4S. The average Bonchev–Trinajstić information content (AvgIpc) is 2.17. The van der Waals surface area contributed by atoms with Crippen molar-refractivity contribution in [3.63, 3.8) is 0 Å². The summed E-state index contributed by atoms with van der Waals surface area (Å²) in [5.41, 5.74) is 3.09. The molecule has 0 atom stereocenters. The molecule has 15 heavy (non-hydrogen) atoms. The van der Waals surface area contributed by atoms with Gasteiger partial charge in [-0.1, -0.05) is 11.1 Å². The summed E-state index contributed by atoms with van der Waals surface area (Å²) < 4.78 is 9.72. The van der Waals surface area contributed by atoms with Crippen molar-refractivity contribution in [1.29, 1.82) is 0 Å². The van der Waals surface area contributed by atoms with Crippen molar-refractivity contribution >= 4 is 12.0 Å². The van der Waals surface area contributed by atoms with Crippen LogP contribution in [0, 0.1) is 20.8 Å². The van der Waals surface area contributed by atoms with E-state index in [0.717, 1.165) is 39.4 Å². The van der Waals surface area contributed by atoms with Crippen LogP contribution in [0.2, 0.25) is 0 Å². The van der Waals surface area contributed by atoms with E-state index < -0.39 is 0 Å². The summed E-state index contributed by atoms with van der Waals surface area (Å²) in [4.78, 5) is 0.881. The first-order valence-electron chi connectivity index (χ1n) is 4.41. The van der Waals surface area contributed by atoms with Crippen LogP contribution in [-0.4, -0.2) is 12.4 Å². The van der Waals surface area contributed by atoms with Gasteiger partial charge in [-0.2, -0.15) is 0 Å². The summed E-state index contributed by atoms with van der Waals surface area (Å²) >= 11 is 0.960. The highest BCUT2D eigenvalue weighted by Crippen LogP contribution is 2.35. The predicted octanol–water partition coefficient (Wildman–Crippen LogP) is 3.05. The summed E-state index contributed by atoms with van der Waals surface area (Å²) in [5, 5.41) is 11.7. The number of aryl methyl sites for hydroxylation is 2. The van der Waals surface area contributed by atoms with Gasteiger partial charge in [0.25, 0.3) is 0 Å². The Morgan fingerprint density at radius 1 is 1.20 bits per heavy atom. The fraction of sp³-hybridized carbons (Fsp3) is 0.400. The van der Waals surface area contributed by atoms with E-state index in [1.54, 1.807) is 7.11 Å². The number of benzene rings is 1. The van der Waals surface area contributed by atoms with Gasteiger partial charge < -0.3 is 4.74 Å². The second-order valence-electron chi connectivity index (χ2n) is 3.22. The van der Waals surface area contributed by atoms with E-state index >= 15 is 0 Å². The van der Waals surface area contributed by atoms with Crippen LogP contribution in [0.15, 0.2) is 11.0 Å². The first-order valence-corrected chi connectivity index (χ1v) is 5.15. The third-order valence-corrected chi connectivity index (χ3v) is 3.11. The molecule has 0 fully saturated rings. The van der Waals surface area contributed by atoms with Crippen LogP contribution in [0.4, 0.5) is 0 Å². The van der Waals surface area contributed by atoms with Gasteiger partial charge in [-0.3, -0.25) is 0 Å². The fourth-order valence-electron chi connectivity index (χ4n) is 1.64. The van der Waals surface area contributed by atoms with E-state index in [2.05, 4.69) is 9.37 Å². The summed E-state index contributed by atoms with van der Waals surface area (Å²) in [6, 6.07) is 1.99. The molecule has 0 aliphatic heterocycles. The number of rotatable bonds is 4. The zero-order chi connectivity index (χ0) is 11.4. The van der Waals surface area contributed by atoms with Crippen LogP contribution in [-0.2, 0) is 9.37 Å². The van der Waals surface area contributed by atoms with Crippen molar-refractivity contribution in [3.8, 4) is 5.75 Å². The molecule has 0 saturated carbocycles. The van der Waals surface area contributed by atoms with Gasteiger partial charge in [-0.25, -0.2) is 5.26 Å². The minimum Gasteiger partial charge on any atom is -0.496 e. The molecule has 1 rings (SSSR count). The zero-order valence-electron chi connectivity index (χ0n) is 9.16. The van der Waals surface area contributed by atoms with Crippen LogP contribution >= 0.6 is 12.0 Å². The number of hydrogen-bond acceptors (Lipinski definition) is 5. The first-order chi connectivity index (χ1) is 7.11. The second-order valence-corrected chi connectivity index (χ2v) is 3.93. The number of ether oxygens (including phenoxy) is 1. The molecular weight excluding hydrogens is 216 g/mol. The Balaban J connectivity index is 3.14. The van der Waals surface area contributed by atoms with Gasteiger partial charge in [0.15, 0.2) is 0 Å². The van der Waals surface area contributed by atoms with Crippen molar-refractivity contribution in [3.05, 3.63) is 22.8 Å². The van der Waals surface area contributed by atoms with Crippen LogP contribution in [0.1, 0.15) is 16.7 Å². The highest BCUT2D eigenvalue weighted by atomic mass is 32.2. The molecule has 1 aromatic rings. The standard InChI is InChI=1S/C10H14O4S/c1-6-5-7(2)10(15-14-13-11)8(3)9(6)12-4/h5,11H,1-4H3. The molecule has 1 aromatic carbocycles. The van der Waals surface area contributed by atoms with E-state index in [0.29, 0.717) is 0 Å². The highest BCUT2D eigenvalue weighted by molar-refractivity contribution is 7.94. The summed E-state index contributed by atoms with van der Waals surface area (Å²) in [7, 11) is 1.63. The minimum atomic E-state index is 0.824. The molecule has 0 unspecified atom stereocenters. The van der Waals surface area contributed by atoms with Gasteiger partial charge in [0.2, 0.25) is 0 Å². The Morgan fingerprint density at radius 2 is 1.87 bits per heavy atom. The van der Waals surface area contributed by atoms with Crippen molar-refractivity contribution in [2.24, 2.45) is 0 Å². The molecule has 1 N–H and O–H groups in total. The quantitative estimate of drug-likeness (QED) is 0.489. The van der Waals surface area contributed by atoms with Crippen LogP contribution < -0.4 is 4.74 Å². The van der Waals surface area contributed by atoms with E-state index in [1.807, 2.05) is 26.8 Å². The topological polar surface area (TPSA) is 47.9 Å². The SMILES string of the molecule is COc1c(C)cc(C)c(SOOO)c1C. The maximum absolute atomic E-state index is 8.12. The first kappa shape index (κ1) is 12.3. The van der Waals surface area contributed by atoms with Gasteiger partial charge in [0, 0.05) is 10.5 Å². The highest BCUT2D eigenvalue weighted by Gasteiger charge is 2.12. The Morgan fingerprint density at radius 3 is 2.40 bits per heavy atom. The van der Waals surface area contributed by atoms with Gasteiger partial charge in [0.05, 0.1) is 19.2 Å². The number of hydrogen-bond donors (Lipinski definition) is 1. The Kier molecular flexibility index (Phi) is 4.41. The fourth-order valence-corrected chi connectivity index (χ4v) is 2.15. The second kappa shape index (κ2) is 5.37. The monoisotopic (exact) mass is 230 g/mol. The normalized spacial score (nSPS) is 10.5. The largest absolute Gasteiger partial charge is 0.496 e. The smallest absolute Gasteiger partial charge is 0.125 e. The van der Waals surface area contributed by atoms with Gasteiger partial charge in [-0.15, -0.1) is 4.33 Å². The van der Waals surface area contributed by atoms with Crippen molar-refractivity contribution in [2.45, 2.75) is 25.7 Å². The lowest BCUT2D eigenvalue weighted by molar-refractivity contribution is -0.432. The summed E-state index contributed by atoms with van der Waals surface area (Å²) in [5.74, 6) is 0.824. The van der Waals surface area contributed by atoms with Crippen LogP contribution in [0.5, 0.6) is 5.75 Å². The van der Waals surface area contributed by atoms with Crippen molar-refractivity contribution in [1.82, 2.24) is 0 Å². The molecule has 0 aliphatic rings. The molecule has 84 valence electrons. The Hall–Kier alpha value is -0.750. The van der Waals surface area contributed by atoms with Crippen molar-refractivity contribution in [2.75, 3.05) is 7.11 Å². The third-order valence-electron chi connectivity index (χ3n) is 2.18. The zero-order valence-corrected chi connectivity index (χ0v) is 9.97. The molecule has 0 heterocycles. The van der Waals surface area contributed by atoms with Gasteiger partial charge in [0.1, 0.15) is 5.75 Å². The van der Waals surface area contributed by atoms with Gasteiger partial charge in [-0.05, 0) is 31.9 Å². The lowest BCUT2D eigenvalue weighted by Crippen LogP contribution is -1.96. The summed E-state index contributed by atoms with van der Waals surface area (Å²) in [6.45, 7) is 5.88. The molecule has 5 heteroatoms. The minimum absolute atomic E-state index is 0.824. The molecule has 0 radical (unpaired) electrons. The van der Waals surface area contributed by atoms with E-state index in [4.69, 9.17) is 9.99 Å². The molecule has 4 nitrogen and oxygen atoms in total. The Labute approximate surface area is 93.2 Å². The molecule has 0 spiro atoms. The van der Waals surface area contributed by atoms with E-state index in [9.17, 15) is 0 Å². The average molecular weight is 230 g/mol. The molecule has 0 aliphatic carbocycles. The lowest BCUT2D eigenvalue weighted by Gasteiger charge is -2.14. The number of methoxy groups -OCH3 is 1. The van der Waals surface area contributed by atoms with E-state index in [1.165, 1.54) is 0 Å². The van der Waals surface area contributed by atoms with Crippen LogP contribution in [0.3, 0.4) is 0 Å². The molecule has 0 aromatic heterocycles.